The molecule has 0 fully saturated rings. The molecule has 0 aliphatic heterocycles. The lowest BCUT2D eigenvalue weighted by Crippen LogP contribution is -1.82. The Morgan fingerprint density at radius 1 is 1.05 bits per heavy atom. The van der Waals surface area contributed by atoms with Gasteiger partial charge in [0, 0.05) is 26.4 Å². The monoisotopic (exact) mass is 269 g/mol. The van der Waals surface area contributed by atoms with Crippen LogP contribution in [0.25, 0.3) is 10.9 Å². The Hall–Kier alpha value is -1.87. The molecule has 0 radical (unpaired) electrons. The van der Waals surface area contributed by atoms with Crippen molar-refractivity contribution in [2.45, 2.75) is 16.7 Å². The molecule has 3 rings (SSSR count). The molecule has 0 aliphatic carbocycles. The lowest BCUT2D eigenvalue weighted by Gasteiger charge is -2.04. The lowest BCUT2D eigenvalue weighted by molar-refractivity contribution is 0.413. The first-order valence-corrected chi connectivity index (χ1v) is 6.99. The summed E-state index contributed by atoms with van der Waals surface area (Å²) in [6.07, 6.45) is 0. The minimum absolute atomic E-state index is 0.891. The minimum Gasteiger partial charge on any atom is -0.497 e. The van der Waals surface area contributed by atoms with Crippen molar-refractivity contribution in [1.82, 2.24) is 4.98 Å². The first kappa shape index (κ1) is 12.2. The first-order chi connectivity index (χ1) is 9.28. The van der Waals surface area contributed by atoms with Gasteiger partial charge in [-0.3, -0.25) is 0 Å². The molecule has 0 aliphatic rings. The smallest absolute Gasteiger partial charge is 0.119 e. The standard InChI is InChI=1S/C16H15NOS/c1-11-16(14-8-3-4-9-15(14)17-11)19-13-7-5-6-12(10-13)18-2/h3-10,17H,1-2H3. The van der Waals surface area contributed by atoms with Gasteiger partial charge in [0.25, 0.3) is 0 Å². The summed E-state index contributed by atoms with van der Waals surface area (Å²) < 4.78 is 5.27. The first-order valence-electron chi connectivity index (χ1n) is 6.17. The number of H-pyrrole nitrogens is 1. The number of nitrogens with one attached hydrogen (secondary N) is 1. The van der Waals surface area contributed by atoms with E-state index in [1.165, 1.54) is 26.4 Å². The molecule has 19 heavy (non-hydrogen) atoms. The summed E-state index contributed by atoms with van der Waals surface area (Å²) >= 11 is 1.77. The fraction of sp³-hybridized carbons (Fsp3) is 0.125. The molecule has 3 heteroatoms. The third kappa shape index (κ3) is 2.34. The van der Waals surface area contributed by atoms with Crippen LogP contribution in [0.5, 0.6) is 5.75 Å². The van der Waals surface area contributed by atoms with Crippen LogP contribution in [0, 0.1) is 6.92 Å². The van der Waals surface area contributed by atoms with Crippen molar-refractivity contribution in [2.24, 2.45) is 0 Å². The Labute approximate surface area is 116 Å². The fourth-order valence-corrected chi connectivity index (χ4v) is 3.21. The van der Waals surface area contributed by atoms with E-state index in [4.69, 9.17) is 4.74 Å². The van der Waals surface area contributed by atoms with Crippen LogP contribution < -0.4 is 4.74 Å². The molecular formula is C16H15NOS. The van der Waals surface area contributed by atoms with Crippen molar-refractivity contribution >= 4 is 22.7 Å². The SMILES string of the molecule is COc1cccc(Sc2c(C)[nH]c3ccccc23)c1. The van der Waals surface area contributed by atoms with E-state index in [0.29, 0.717) is 0 Å². The van der Waals surface area contributed by atoms with Crippen LogP contribution in [0.3, 0.4) is 0 Å². The zero-order valence-electron chi connectivity index (χ0n) is 10.9. The van der Waals surface area contributed by atoms with Gasteiger partial charge in [0.1, 0.15) is 5.75 Å². The third-order valence-corrected chi connectivity index (χ3v) is 4.32. The van der Waals surface area contributed by atoms with Crippen molar-refractivity contribution in [1.29, 1.82) is 0 Å². The molecule has 2 nitrogen and oxygen atoms in total. The number of methoxy groups -OCH3 is 1. The molecule has 3 aromatic rings. The van der Waals surface area contributed by atoms with E-state index in [-0.39, 0.29) is 0 Å². The van der Waals surface area contributed by atoms with Gasteiger partial charge in [0.05, 0.1) is 7.11 Å². The molecule has 0 unspecified atom stereocenters. The average molecular weight is 269 g/mol. The highest BCUT2D eigenvalue weighted by atomic mass is 32.2. The number of hydrogen-bond acceptors (Lipinski definition) is 2. The number of aryl methyl sites for hydroxylation is 1. The highest BCUT2D eigenvalue weighted by Gasteiger charge is 2.09. The predicted octanol–water partition coefficient (Wildman–Crippen LogP) is 4.64. The molecule has 0 amide bonds. The van der Waals surface area contributed by atoms with E-state index in [2.05, 4.69) is 48.3 Å². The van der Waals surface area contributed by atoms with Gasteiger partial charge in [0.2, 0.25) is 0 Å². The zero-order valence-corrected chi connectivity index (χ0v) is 11.8. The van der Waals surface area contributed by atoms with Gasteiger partial charge in [0.15, 0.2) is 0 Å². The maximum absolute atomic E-state index is 5.27. The van der Waals surface area contributed by atoms with Gasteiger partial charge < -0.3 is 9.72 Å². The van der Waals surface area contributed by atoms with Crippen molar-refractivity contribution in [3.8, 4) is 5.75 Å². The summed E-state index contributed by atoms with van der Waals surface area (Å²) in [7, 11) is 1.70. The molecule has 1 aromatic heterocycles. The summed E-state index contributed by atoms with van der Waals surface area (Å²) in [6.45, 7) is 2.11. The van der Waals surface area contributed by atoms with Gasteiger partial charge in [-0.05, 0) is 31.2 Å². The summed E-state index contributed by atoms with van der Waals surface area (Å²) in [4.78, 5) is 5.89. The van der Waals surface area contributed by atoms with E-state index in [1.807, 2.05) is 12.1 Å². The zero-order chi connectivity index (χ0) is 13.2. The maximum atomic E-state index is 5.27. The van der Waals surface area contributed by atoms with Gasteiger partial charge in [-0.1, -0.05) is 36.0 Å². The predicted molar refractivity (Wildman–Crippen MR) is 80.2 cm³/mol. The number of para-hydroxylation sites is 1. The highest BCUT2D eigenvalue weighted by molar-refractivity contribution is 7.99. The molecule has 96 valence electrons. The van der Waals surface area contributed by atoms with Crippen LogP contribution in [-0.2, 0) is 0 Å². The van der Waals surface area contributed by atoms with Crippen LogP contribution in [0.2, 0.25) is 0 Å². The van der Waals surface area contributed by atoms with Crippen LogP contribution in [0.15, 0.2) is 58.3 Å². The number of fused-ring (bicyclic) bond motifs is 1. The molecule has 0 saturated heterocycles. The number of aromatic amines is 1. The van der Waals surface area contributed by atoms with Crippen molar-refractivity contribution in [3.63, 3.8) is 0 Å². The van der Waals surface area contributed by atoms with E-state index in [1.54, 1.807) is 18.9 Å². The fourth-order valence-electron chi connectivity index (χ4n) is 2.16. The second-order valence-electron chi connectivity index (χ2n) is 4.41. The number of aromatic nitrogens is 1. The van der Waals surface area contributed by atoms with Gasteiger partial charge >= 0.3 is 0 Å². The normalized spacial score (nSPS) is 10.8. The number of benzene rings is 2. The second-order valence-corrected chi connectivity index (χ2v) is 5.49. The highest BCUT2D eigenvalue weighted by Crippen LogP contribution is 2.37. The topological polar surface area (TPSA) is 25.0 Å². The maximum Gasteiger partial charge on any atom is 0.119 e. The van der Waals surface area contributed by atoms with E-state index in [0.717, 1.165) is 5.75 Å². The van der Waals surface area contributed by atoms with Crippen LogP contribution in [0.4, 0.5) is 0 Å². The van der Waals surface area contributed by atoms with Crippen molar-refractivity contribution in [2.75, 3.05) is 7.11 Å². The van der Waals surface area contributed by atoms with Gasteiger partial charge in [-0.15, -0.1) is 0 Å². The molecule has 1 heterocycles. The number of rotatable bonds is 3. The van der Waals surface area contributed by atoms with Crippen molar-refractivity contribution < 1.29 is 4.74 Å². The van der Waals surface area contributed by atoms with Crippen LogP contribution in [0.1, 0.15) is 5.69 Å². The molecule has 1 N–H and O–H groups in total. The Morgan fingerprint density at radius 3 is 2.74 bits per heavy atom. The molecule has 0 bridgehead atoms. The molecule has 0 saturated carbocycles. The Kier molecular flexibility index (Phi) is 3.22. The Morgan fingerprint density at radius 2 is 1.89 bits per heavy atom. The summed E-state index contributed by atoms with van der Waals surface area (Å²) in [5.74, 6) is 0.891. The Bertz CT molecular complexity index is 718. The largest absolute Gasteiger partial charge is 0.497 e. The third-order valence-electron chi connectivity index (χ3n) is 3.10. The quantitative estimate of drug-likeness (QED) is 0.749. The minimum atomic E-state index is 0.891. The summed E-state index contributed by atoms with van der Waals surface area (Å²) in [5, 5.41) is 1.27. The van der Waals surface area contributed by atoms with Gasteiger partial charge in [-0.2, -0.15) is 0 Å². The van der Waals surface area contributed by atoms with Crippen LogP contribution in [-0.4, -0.2) is 12.1 Å². The van der Waals surface area contributed by atoms with E-state index in [9.17, 15) is 0 Å². The van der Waals surface area contributed by atoms with Crippen molar-refractivity contribution in [3.05, 3.63) is 54.2 Å². The van der Waals surface area contributed by atoms with E-state index >= 15 is 0 Å². The molecule has 0 spiro atoms. The number of hydrogen-bond donors (Lipinski definition) is 1. The number of ether oxygens (including phenoxy) is 1. The molecular weight excluding hydrogens is 254 g/mol. The van der Waals surface area contributed by atoms with Gasteiger partial charge in [-0.25, -0.2) is 0 Å². The van der Waals surface area contributed by atoms with E-state index < -0.39 is 0 Å². The average Bonchev–Trinajstić information content (AvgIpc) is 2.76. The molecule has 0 atom stereocenters. The second kappa shape index (κ2) is 5.02. The summed E-state index contributed by atoms with van der Waals surface area (Å²) in [5.41, 5.74) is 2.39. The lowest BCUT2D eigenvalue weighted by atomic mass is 10.2. The molecule has 2 aromatic carbocycles. The Balaban J connectivity index is 2.02. The van der Waals surface area contributed by atoms with Crippen LogP contribution >= 0.6 is 11.8 Å². The summed E-state index contributed by atoms with van der Waals surface area (Å²) in [6, 6.07) is 16.5.